The van der Waals surface area contributed by atoms with Gasteiger partial charge in [-0.3, -0.25) is 0 Å². The van der Waals surface area contributed by atoms with E-state index in [-0.39, 0.29) is 0 Å². The van der Waals surface area contributed by atoms with E-state index in [1.807, 2.05) is 12.1 Å². The molecule has 2 nitrogen and oxygen atoms in total. The van der Waals surface area contributed by atoms with Gasteiger partial charge in [0, 0.05) is 17.1 Å². The summed E-state index contributed by atoms with van der Waals surface area (Å²) in [6.45, 7) is 4.24. The summed E-state index contributed by atoms with van der Waals surface area (Å²) in [5.74, 6) is 0.321. The second-order valence-electron chi connectivity index (χ2n) is 7.87. The Hall–Kier alpha value is -3.52. The highest BCUT2D eigenvalue weighted by atomic mass is 16.3. The number of phenols is 1. The molecule has 1 aliphatic carbocycles. The van der Waals surface area contributed by atoms with Gasteiger partial charge < -0.3 is 10.0 Å². The van der Waals surface area contributed by atoms with Gasteiger partial charge in [-0.1, -0.05) is 42.0 Å². The first-order chi connectivity index (χ1) is 14.1. The second-order valence-corrected chi connectivity index (χ2v) is 7.87. The number of rotatable bonds is 3. The Kier molecular flexibility index (Phi) is 4.13. The Morgan fingerprint density at radius 1 is 0.621 bits per heavy atom. The fourth-order valence-electron chi connectivity index (χ4n) is 4.21. The molecule has 2 heteroatoms. The van der Waals surface area contributed by atoms with Crippen LogP contribution in [-0.4, -0.2) is 5.11 Å². The SMILES string of the molecule is Cc1ccc(N(c2cccc(C)c2)c2ccc3c(c2)Cc2ccc(O)cc2-3)cc1. The monoisotopic (exact) mass is 377 g/mol. The molecule has 142 valence electrons. The quantitative estimate of drug-likeness (QED) is 0.364. The molecule has 5 rings (SSSR count). The van der Waals surface area contributed by atoms with Gasteiger partial charge in [-0.2, -0.15) is 0 Å². The zero-order chi connectivity index (χ0) is 20.0. The molecule has 4 aromatic rings. The fraction of sp³-hybridized carbons (Fsp3) is 0.111. The zero-order valence-electron chi connectivity index (χ0n) is 16.7. The Morgan fingerprint density at radius 3 is 2.17 bits per heavy atom. The third-order valence-electron chi connectivity index (χ3n) is 5.66. The summed E-state index contributed by atoms with van der Waals surface area (Å²) in [4.78, 5) is 2.31. The molecule has 0 fully saturated rings. The molecular weight excluding hydrogens is 354 g/mol. The van der Waals surface area contributed by atoms with Crippen LogP contribution in [0.4, 0.5) is 17.1 Å². The number of anilines is 3. The van der Waals surface area contributed by atoms with Crippen LogP contribution in [-0.2, 0) is 6.42 Å². The Balaban J connectivity index is 1.64. The summed E-state index contributed by atoms with van der Waals surface area (Å²) in [6.07, 6.45) is 0.897. The highest BCUT2D eigenvalue weighted by Gasteiger charge is 2.21. The number of hydrogen-bond donors (Lipinski definition) is 1. The van der Waals surface area contributed by atoms with Gasteiger partial charge in [0.2, 0.25) is 0 Å². The van der Waals surface area contributed by atoms with Crippen molar-refractivity contribution in [2.75, 3.05) is 4.90 Å². The molecule has 0 saturated heterocycles. The minimum absolute atomic E-state index is 0.321. The molecular formula is C27H23NO. The van der Waals surface area contributed by atoms with E-state index in [1.54, 1.807) is 6.07 Å². The van der Waals surface area contributed by atoms with Gasteiger partial charge in [0.15, 0.2) is 0 Å². The lowest BCUT2D eigenvalue weighted by atomic mass is 10.0. The minimum Gasteiger partial charge on any atom is -0.508 e. The molecule has 0 atom stereocenters. The van der Waals surface area contributed by atoms with Crippen LogP contribution < -0.4 is 4.90 Å². The van der Waals surface area contributed by atoms with Crippen molar-refractivity contribution in [1.82, 2.24) is 0 Å². The van der Waals surface area contributed by atoms with Crippen molar-refractivity contribution in [1.29, 1.82) is 0 Å². The maximum atomic E-state index is 9.90. The average Bonchev–Trinajstić information content (AvgIpc) is 3.07. The molecule has 0 unspecified atom stereocenters. The van der Waals surface area contributed by atoms with Crippen LogP contribution in [0.5, 0.6) is 5.75 Å². The summed E-state index contributed by atoms with van der Waals surface area (Å²) in [5.41, 5.74) is 10.9. The van der Waals surface area contributed by atoms with Crippen LogP contribution in [0.15, 0.2) is 84.9 Å². The molecule has 0 radical (unpaired) electrons. The van der Waals surface area contributed by atoms with E-state index in [4.69, 9.17) is 0 Å². The molecule has 0 bridgehead atoms. The third-order valence-corrected chi connectivity index (χ3v) is 5.66. The van der Waals surface area contributed by atoms with E-state index in [2.05, 4.69) is 85.5 Å². The maximum Gasteiger partial charge on any atom is 0.116 e. The lowest BCUT2D eigenvalue weighted by Gasteiger charge is -2.26. The second kappa shape index (κ2) is 6.82. The number of aromatic hydroxyl groups is 1. The first-order valence-corrected chi connectivity index (χ1v) is 9.97. The van der Waals surface area contributed by atoms with Crippen molar-refractivity contribution < 1.29 is 5.11 Å². The molecule has 0 saturated carbocycles. The van der Waals surface area contributed by atoms with E-state index in [0.29, 0.717) is 5.75 Å². The largest absolute Gasteiger partial charge is 0.508 e. The van der Waals surface area contributed by atoms with Gasteiger partial charge >= 0.3 is 0 Å². The molecule has 0 spiro atoms. The van der Waals surface area contributed by atoms with E-state index in [9.17, 15) is 5.11 Å². The van der Waals surface area contributed by atoms with Crippen LogP contribution >= 0.6 is 0 Å². The summed E-state index contributed by atoms with van der Waals surface area (Å²) in [7, 11) is 0. The van der Waals surface area contributed by atoms with Crippen LogP contribution in [0.1, 0.15) is 22.3 Å². The van der Waals surface area contributed by atoms with Gasteiger partial charge in [0.25, 0.3) is 0 Å². The lowest BCUT2D eigenvalue weighted by molar-refractivity contribution is 0.475. The lowest BCUT2D eigenvalue weighted by Crippen LogP contribution is -2.10. The smallest absolute Gasteiger partial charge is 0.116 e. The first-order valence-electron chi connectivity index (χ1n) is 9.97. The predicted octanol–water partition coefficient (Wildman–Crippen LogP) is 7.05. The zero-order valence-corrected chi connectivity index (χ0v) is 16.7. The first kappa shape index (κ1) is 17.6. The van der Waals surface area contributed by atoms with Crippen molar-refractivity contribution in [2.45, 2.75) is 20.3 Å². The molecule has 0 aromatic heterocycles. The summed E-state index contributed by atoms with van der Waals surface area (Å²) < 4.78 is 0. The molecule has 1 aliphatic rings. The van der Waals surface area contributed by atoms with E-state index < -0.39 is 0 Å². The number of fused-ring (bicyclic) bond motifs is 3. The fourth-order valence-corrected chi connectivity index (χ4v) is 4.21. The Bertz CT molecular complexity index is 1210. The third kappa shape index (κ3) is 3.17. The summed E-state index contributed by atoms with van der Waals surface area (Å²) >= 11 is 0. The number of aryl methyl sites for hydroxylation is 2. The van der Waals surface area contributed by atoms with Crippen molar-refractivity contribution >= 4 is 17.1 Å². The topological polar surface area (TPSA) is 23.5 Å². The number of benzene rings is 4. The predicted molar refractivity (Wildman–Crippen MR) is 121 cm³/mol. The summed E-state index contributed by atoms with van der Waals surface area (Å²) in [5, 5.41) is 9.90. The molecule has 0 aliphatic heterocycles. The number of hydrogen-bond acceptors (Lipinski definition) is 2. The Morgan fingerprint density at radius 2 is 1.38 bits per heavy atom. The molecule has 1 N–H and O–H groups in total. The van der Waals surface area contributed by atoms with Crippen molar-refractivity contribution in [3.05, 3.63) is 107 Å². The van der Waals surface area contributed by atoms with Crippen molar-refractivity contribution in [2.24, 2.45) is 0 Å². The van der Waals surface area contributed by atoms with E-state index >= 15 is 0 Å². The van der Waals surface area contributed by atoms with E-state index in [1.165, 1.54) is 27.8 Å². The van der Waals surface area contributed by atoms with Gasteiger partial charge in [0.1, 0.15) is 5.75 Å². The number of phenolic OH excluding ortho intramolecular Hbond substituents is 1. The van der Waals surface area contributed by atoms with Crippen LogP contribution in [0.25, 0.3) is 11.1 Å². The molecule has 0 amide bonds. The van der Waals surface area contributed by atoms with Gasteiger partial charge in [-0.25, -0.2) is 0 Å². The van der Waals surface area contributed by atoms with Gasteiger partial charge in [-0.05, 0) is 96.6 Å². The Labute approximate surface area is 171 Å². The highest BCUT2D eigenvalue weighted by Crippen LogP contribution is 2.42. The van der Waals surface area contributed by atoms with E-state index in [0.717, 1.165) is 29.0 Å². The van der Waals surface area contributed by atoms with Gasteiger partial charge in [0.05, 0.1) is 0 Å². The standard InChI is InChI=1S/C27H23NO/c1-18-6-9-22(10-7-18)28(23-5-3-4-19(2)14-23)24-11-13-26-21(16-24)15-20-8-12-25(29)17-27(20)26/h3-14,16-17,29H,15H2,1-2H3. The van der Waals surface area contributed by atoms with Gasteiger partial charge in [-0.15, -0.1) is 0 Å². The molecule has 4 aromatic carbocycles. The van der Waals surface area contributed by atoms with Crippen molar-refractivity contribution in [3.8, 4) is 16.9 Å². The van der Waals surface area contributed by atoms with Crippen LogP contribution in [0.3, 0.4) is 0 Å². The number of nitrogens with zero attached hydrogens (tertiary/aromatic N) is 1. The molecule has 29 heavy (non-hydrogen) atoms. The summed E-state index contributed by atoms with van der Waals surface area (Å²) in [6, 6.07) is 29.6. The minimum atomic E-state index is 0.321. The highest BCUT2D eigenvalue weighted by molar-refractivity contribution is 5.83. The van der Waals surface area contributed by atoms with Crippen molar-refractivity contribution in [3.63, 3.8) is 0 Å². The average molecular weight is 377 g/mol. The molecule has 0 heterocycles. The normalized spacial score (nSPS) is 11.8. The van der Waals surface area contributed by atoms with Crippen LogP contribution in [0.2, 0.25) is 0 Å². The maximum absolute atomic E-state index is 9.90. The van der Waals surface area contributed by atoms with Crippen LogP contribution in [0, 0.1) is 13.8 Å².